The van der Waals surface area contributed by atoms with E-state index in [1.165, 1.54) is 12.1 Å². The first-order chi connectivity index (χ1) is 22.9. The molecule has 1 aromatic heterocycles. The molecule has 3 aromatic rings. The van der Waals surface area contributed by atoms with Gasteiger partial charge >= 0.3 is 6.03 Å². The van der Waals surface area contributed by atoms with E-state index in [4.69, 9.17) is 14.2 Å². The summed E-state index contributed by atoms with van der Waals surface area (Å²) in [6.07, 6.45) is 1.61. The summed E-state index contributed by atoms with van der Waals surface area (Å²) in [4.78, 5) is 30.6. The van der Waals surface area contributed by atoms with Crippen molar-refractivity contribution in [2.75, 3.05) is 50.5 Å². The van der Waals surface area contributed by atoms with Crippen molar-refractivity contribution >= 4 is 44.7 Å². The third-order valence-electron chi connectivity index (χ3n) is 8.21. The van der Waals surface area contributed by atoms with Crippen LogP contribution in [0.2, 0.25) is 0 Å². The number of hydrogen-bond acceptors (Lipinski definition) is 9. The summed E-state index contributed by atoms with van der Waals surface area (Å²) in [5, 5.41) is 14.8. The number of benzene rings is 2. The third-order valence-corrected chi connectivity index (χ3v) is 11.0. The number of aliphatic hydroxyl groups excluding tert-OH is 1. The number of thiophene rings is 1. The molecule has 14 heteroatoms. The van der Waals surface area contributed by atoms with Crippen molar-refractivity contribution in [3.63, 3.8) is 0 Å². The smallest absolute Gasteiger partial charge is 0.321 e. The lowest BCUT2D eigenvalue weighted by atomic mass is 10.0. The van der Waals surface area contributed by atoms with Crippen LogP contribution in [0.4, 0.5) is 16.2 Å². The Labute approximate surface area is 287 Å². The molecule has 0 fully saturated rings. The van der Waals surface area contributed by atoms with Gasteiger partial charge in [-0.3, -0.25) is 9.52 Å². The van der Waals surface area contributed by atoms with Crippen molar-refractivity contribution in [2.45, 2.75) is 62.5 Å². The van der Waals surface area contributed by atoms with E-state index >= 15 is 0 Å². The van der Waals surface area contributed by atoms with Crippen LogP contribution in [-0.4, -0.2) is 94.0 Å². The molecular weight excluding hydrogens is 657 g/mol. The average Bonchev–Trinajstić information content (AvgIpc) is 3.63. The molecule has 0 aliphatic carbocycles. The summed E-state index contributed by atoms with van der Waals surface area (Å²) in [6, 6.07) is 14.0. The number of aliphatic hydroxyl groups is 1. The lowest BCUT2D eigenvalue weighted by Gasteiger charge is -2.35. The fourth-order valence-corrected chi connectivity index (χ4v) is 7.36. The highest BCUT2D eigenvalue weighted by Crippen LogP contribution is 2.30. The van der Waals surface area contributed by atoms with Gasteiger partial charge in [0, 0.05) is 44.0 Å². The molecule has 1 aliphatic heterocycles. The molecule has 0 saturated carbocycles. The highest BCUT2D eigenvalue weighted by atomic mass is 32.2. The standard InChI is InChI=1S/C34H46N4O8S2/c1-23-20-38(24(2)22-39)33(40)29-19-27(36-48(42,43)32-10-8-18-47-32)13-16-30(29)46-25(3)9-6-7-17-45-31(23)21-37(4)34(41)35-26-11-14-28(44-5)15-12-26/h8,10-16,18-19,23-25,31,36,39H,6-7,9,17,20-22H2,1-5H3,(H,35,41)/t23-,24-,25-,31+/m1/s1. The molecule has 2 heterocycles. The first-order valence-corrected chi connectivity index (χ1v) is 18.3. The minimum Gasteiger partial charge on any atom is -0.497 e. The normalized spacial score (nSPS) is 20.1. The van der Waals surface area contributed by atoms with Crippen molar-refractivity contribution in [3.05, 3.63) is 65.5 Å². The quantitative estimate of drug-likeness (QED) is 0.264. The number of anilines is 2. The molecule has 0 saturated heterocycles. The van der Waals surface area contributed by atoms with E-state index in [1.807, 2.05) is 13.8 Å². The third kappa shape index (κ3) is 9.84. The second-order valence-electron chi connectivity index (χ2n) is 12.1. The molecular formula is C34H46N4O8S2. The lowest BCUT2D eigenvalue weighted by molar-refractivity contribution is -0.0115. The molecule has 0 unspecified atom stereocenters. The maximum Gasteiger partial charge on any atom is 0.321 e. The van der Waals surface area contributed by atoms with Gasteiger partial charge in [0.15, 0.2) is 0 Å². The molecule has 4 atom stereocenters. The Balaban J connectivity index is 1.60. The number of amides is 3. The van der Waals surface area contributed by atoms with Gasteiger partial charge in [0.2, 0.25) is 0 Å². The number of nitrogens with one attached hydrogen (secondary N) is 2. The van der Waals surface area contributed by atoms with Crippen molar-refractivity contribution in [1.82, 2.24) is 9.80 Å². The molecule has 0 bridgehead atoms. The zero-order valence-electron chi connectivity index (χ0n) is 28.0. The van der Waals surface area contributed by atoms with E-state index in [1.54, 1.807) is 78.7 Å². The molecule has 2 aromatic carbocycles. The van der Waals surface area contributed by atoms with Crippen LogP contribution in [0.5, 0.6) is 11.5 Å². The first kappa shape index (κ1) is 37.0. The summed E-state index contributed by atoms with van der Waals surface area (Å²) in [5.74, 6) is 0.322. The fraction of sp³-hybridized carbons (Fsp3) is 0.471. The topological polar surface area (TPSA) is 147 Å². The van der Waals surface area contributed by atoms with Crippen molar-refractivity contribution in [3.8, 4) is 11.5 Å². The highest BCUT2D eigenvalue weighted by molar-refractivity contribution is 7.94. The number of ether oxygens (including phenoxy) is 3. The number of methoxy groups -OCH3 is 1. The van der Waals surface area contributed by atoms with Gasteiger partial charge < -0.3 is 34.4 Å². The number of fused-ring (bicyclic) bond motifs is 1. The molecule has 0 spiro atoms. The van der Waals surface area contributed by atoms with Crippen LogP contribution in [0.15, 0.2) is 64.2 Å². The van der Waals surface area contributed by atoms with Gasteiger partial charge in [-0.25, -0.2) is 13.2 Å². The Morgan fingerprint density at radius 3 is 2.54 bits per heavy atom. The summed E-state index contributed by atoms with van der Waals surface area (Å²) in [7, 11) is -0.599. The first-order valence-electron chi connectivity index (χ1n) is 16.0. The Kier molecular flexibility index (Phi) is 13.1. The number of rotatable bonds is 9. The number of carbonyl (C=O) groups is 2. The van der Waals surface area contributed by atoms with E-state index in [0.29, 0.717) is 30.2 Å². The summed E-state index contributed by atoms with van der Waals surface area (Å²) in [6.45, 7) is 6.22. The van der Waals surface area contributed by atoms with Gasteiger partial charge in [-0.1, -0.05) is 13.0 Å². The van der Waals surface area contributed by atoms with Gasteiger partial charge in [-0.05, 0) is 87.0 Å². The van der Waals surface area contributed by atoms with Crippen LogP contribution in [0.3, 0.4) is 0 Å². The Morgan fingerprint density at radius 2 is 1.88 bits per heavy atom. The summed E-state index contributed by atoms with van der Waals surface area (Å²) < 4.78 is 46.5. The van der Waals surface area contributed by atoms with Crippen LogP contribution in [0, 0.1) is 5.92 Å². The largest absolute Gasteiger partial charge is 0.497 e. The van der Waals surface area contributed by atoms with E-state index in [-0.39, 0.29) is 53.2 Å². The minimum atomic E-state index is -3.86. The molecule has 3 amide bonds. The Bertz CT molecular complexity index is 1600. The van der Waals surface area contributed by atoms with Crippen molar-refractivity contribution < 1.29 is 37.3 Å². The van der Waals surface area contributed by atoms with E-state index in [2.05, 4.69) is 10.0 Å². The van der Waals surface area contributed by atoms with E-state index in [0.717, 1.165) is 24.2 Å². The second kappa shape index (κ2) is 17.0. The SMILES string of the molecule is COc1ccc(NC(=O)N(C)C[C@@H]2OCCCC[C@@H](C)Oc3ccc(NS(=O)(=O)c4cccs4)cc3C(=O)N([C@H](C)CO)C[C@H]2C)cc1. The van der Waals surface area contributed by atoms with Gasteiger partial charge in [0.1, 0.15) is 15.7 Å². The zero-order chi connectivity index (χ0) is 34.8. The Hall–Kier alpha value is -3.85. The van der Waals surface area contributed by atoms with E-state index < -0.39 is 28.1 Å². The van der Waals surface area contributed by atoms with Crippen LogP contribution < -0.4 is 19.5 Å². The molecule has 1 aliphatic rings. The summed E-state index contributed by atoms with van der Waals surface area (Å²) >= 11 is 1.09. The van der Waals surface area contributed by atoms with Crippen LogP contribution in [-0.2, 0) is 14.8 Å². The van der Waals surface area contributed by atoms with Crippen molar-refractivity contribution in [1.29, 1.82) is 0 Å². The number of nitrogens with zero attached hydrogens (tertiary/aromatic N) is 2. The monoisotopic (exact) mass is 702 g/mol. The van der Waals surface area contributed by atoms with Gasteiger partial charge in [-0.15, -0.1) is 11.3 Å². The van der Waals surface area contributed by atoms with Gasteiger partial charge in [0.05, 0.1) is 37.5 Å². The van der Waals surface area contributed by atoms with Gasteiger partial charge in [0.25, 0.3) is 15.9 Å². The van der Waals surface area contributed by atoms with Crippen LogP contribution in [0.25, 0.3) is 0 Å². The molecule has 3 N–H and O–H groups in total. The van der Waals surface area contributed by atoms with Crippen LogP contribution in [0.1, 0.15) is 50.4 Å². The lowest BCUT2D eigenvalue weighted by Crippen LogP contribution is -2.48. The van der Waals surface area contributed by atoms with Crippen LogP contribution >= 0.6 is 11.3 Å². The molecule has 0 radical (unpaired) electrons. The van der Waals surface area contributed by atoms with Gasteiger partial charge in [-0.2, -0.15) is 0 Å². The maximum absolute atomic E-state index is 14.3. The zero-order valence-corrected chi connectivity index (χ0v) is 29.7. The number of carbonyl (C=O) groups excluding carboxylic acids is 2. The Morgan fingerprint density at radius 1 is 1.15 bits per heavy atom. The number of likely N-dealkylation sites (N-methyl/N-ethyl adjacent to an activating group) is 1. The average molecular weight is 703 g/mol. The highest BCUT2D eigenvalue weighted by Gasteiger charge is 2.31. The minimum absolute atomic E-state index is 0.150. The molecule has 4 rings (SSSR count). The molecule has 12 nitrogen and oxygen atoms in total. The van der Waals surface area contributed by atoms with E-state index in [9.17, 15) is 23.1 Å². The van der Waals surface area contributed by atoms with Crippen molar-refractivity contribution in [2.24, 2.45) is 5.92 Å². The molecule has 48 heavy (non-hydrogen) atoms. The number of urea groups is 1. The predicted molar refractivity (Wildman–Crippen MR) is 187 cm³/mol. The summed E-state index contributed by atoms with van der Waals surface area (Å²) in [5.41, 5.74) is 1.00. The maximum atomic E-state index is 14.3. The predicted octanol–water partition coefficient (Wildman–Crippen LogP) is 5.52. The second-order valence-corrected chi connectivity index (χ2v) is 14.9. The number of hydrogen-bond donors (Lipinski definition) is 3. The number of sulfonamides is 1. The fourth-order valence-electron chi connectivity index (χ4n) is 5.32. The molecule has 262 valence electrons.